The van der Waals surface area contributed by atoms with Crippen molar-refractivity contribution in [1.29, 1.82) is 0 Å². The predicted octanol–water partition coefficient (Wildman–Crippen LogP) is 3.37. The third-order valence-corrected chi connectivity index (χ3v) is 9.00. The number of pyridine rings is 1. The summed E-state index contributed by atoms with van der Waals surface area (Å²) in [4.78, 5) is 27.8. The molecule has 0 radical (unpaired) electrons. The summed E-state index contributed by atoms with van der Waals surface area (Å²) in [7, 11) is -2.22. The van der Waals surface area contributed by atoms with Gasteiger partial charge in [0.05, 0.1) is 7.11 Å². The molecule has 1 fully saturated rings. The Morgan fingerprint density at radius 3 is 2.59 bits per heavy atom. The van der Waals surface area contributed by atoms with Gasteiger partial charge in [0.15, 0.2) is 0 Å². The largest absolute Gasteiger partial charge is 0.497 e. The molecule has 2 bridgehead atoms. The van der Waals surface area contributed by atoms with Gasteiger partial charge in [0, 0.05) is 36.9 Å². The number of rotatable bonds is 5. The molecular formula is C23H24N4O5S2. The summed E-state index contributed by atoms with van der Waals surface area (Å²) in [5.74, 6) is 0.823. The van der Waals surface area contributed by atoms with E-state index in [0.29, 0.717) is 31.1 Å². The van der Waals surface area contributed by atoms with Crippen molar-refractivity contribution >= 4 is 38.8 Å². The Bertz CT molecular complexity index is 1370. The second kappa shape index (κ2) is 8.80. The second-order valence-electron chi connectivity index (χ2n) is 8.49. The zero-order valence-corrected chi connectivity index (χ0v) is 20.1. The van der Waals surface area contributed by atoms with Gasteiger partial charge in [-0.1, -0.05) is 6.07 Å². The van der Waals surface area contributed by atoms with Crippen molar-refractivity contribution in [2.24, 2.45) is 5.92 Å². The first-order valence-electron chi connectivity index (χ1n) is 10.8. The minimum atomic E-state index is -3.81. The molecule has 11 heteroatoms. The fourth-order valence-electron chi connectivity index (χ4n) is 4.68. The number of carbonyl (C=O) groups excluding carboxylic acids is 1. The minimum absolute atomic E-state index is 0.00442. The van der Waals surface area contributed by atoms with Crippen molar-refractivity contribution in [1.82, 2.24) is 9.47 Å². The Hall–Kier alpha value is -3.31. The monoisotopic (exact) mass is 500 g/mol. The van der Waals surface area contributed by atoms with E-state index >= 15 is 0 Å². The fourth-order valence-corrected chi connectivity index (χ4v) is 6.73. The third-order valence-electron chi connectivity index (χ3n) is 6.24. The average Bonchev–Trinajstić information content (AvgIpc) is 3.38. The van der Waals surface area contributed by atoms with Gasteiger partial charge in [-0.05, 0) is 60.2 Å². The Kier molecular flexibility index (Phi) is 5.82. The number of hydrogen-bond donors (Lipinski definition) is 2. The molecule has 1 saturated heterocycles. The number of benzene rings is 1. The van der Waals surface area contributed by atoms with Crippen molar-refractivity contribution < 1.29 is 17.9 Å². The number of urea groups is 1. The van der Waals surface area contributed by atoms with Crippen molar-refractivity contribution in [2.75, 3.05) is 30.2 Å². The highest BCUT2D eigenvalue weighted by Gasteiger charge is 2.37. The summed E-state index contributed by atoms with van der Waals surface area (Å²) >= 11 is 1.09. The molecule has 9 nitrogen and oxygen atoms in total. The molecule has 0 spiro atoms. The average molecular weight is 501 g/mol. The summed E-state index contributed by atoms with van der Waals surface area (Å²) in [5, 5.41) is 4.60. The van der Waals surface area contributed by atoms with Gasteiger partial charge in [-0.25, -0.2) is 13.2 Å². The predicted molar refractivity (Wildman–Crippen MR) is 130 cm³/mol. The molecule has 2 unspecified atom stereocenters. The number of piperidine rings is 1. The molecule has 2 aromatic heterocycles. The minimum Gasteiger partial charge on any atom is -0.497 e. The molecule has 4 heterocycles. The Morgan fingerprint density at radius 1 is 1.09 bits per heavy atom. The molecule has 3 aromatic rings. The lowest BCUT2D eigenvalue weighted by Crippen LogP contribution is -2.50. The molecule has 178 valence electrons. The van der Waals surface area contributed by atoms with Crippen molar-refractivity contribution in [3.05, 3.63) is 70.0 Å². The highest BCUT2D eigenvalue weighted by Crippen LogP contribution is 2.36. The number of carbonyl (C=O) groups is 1. The molecule has 1 aromatic carbocycles. The SMILES string of the molecule is COc1ccc(NC(=O)N2CC3CC(C2)c2ccc(NS(=O)(=O)c4cccs4)c(=O)n2C3)cc1. The number of aromatic nitrogens is 1. The standard InChI is InChI=1S/C23H24N4O5S2/c1-32-18-6-4-17(5-7-18)24-23(29)26-12-15-11-16(14-26)20-9-8-19(22(28)27(20)13-15)25-34(30,31)21-3-2-10-33-21/h2-10,15-16,25H,11-14H2,1H3,(H,24,29). The van der Waals surface area contributed by atoms with E-state index < -0.39 is 10.0 Å². The lowest BCUT2D eigenvalue weighted by molar-refractivity contribution is 0.139. The van der Waals surface area contributed by atoms with Crippen molar-refractivity contribution in [2.45, 2.75) is 23.1 Å². The van der Waals surface area contributed by atoms with Gasteiger partial charge >= 0.3 is 6.03 Å². The zero-order chi connectivity index (χ0) is 23.9. The van der Waals surface area contributed by atoms with Crippen LogP contribution >= 0.6 is 11.3 Å². The van der Waals surface area contributed by atoms with E-state index in [4.69, 9.17) is 4.74 Å². The number of anilines is 2. The van der Waals surface area contributed by atoms with Crippen LogP contribution < -0.4 is 20.3 Å². The van der Waals surface area contributed by atoms with Gasteiger partial charge in [0.2, 0.25) is 0 Å². The molecule has 2 aliphatic rings. The Balaban J connectivity index is 1.33. The van der Waals surface area contributed by atoms with Crippen LogP contribution in [0.1, 0.15) is 18.0 Å². The molecule has 2 atom stereocenters. The van der Waals surface area contributed by atoms with Crippen LogP contribution in [0.2, 0.25) is 0 Å². The summed E-state index contributed by atoms with van der Waals surface area (Å²) in [6.45, 7) is 1.44. The van der Waals surface area contributed by atoms with Gasteiger partial charge < -0.3 is 19.5 Å². The number of hydrogen-bond acceptors (Lipinski definition) is 6. The van der Waals surface area contributed by atoms with Crippen LogP contribution in [0, 0.1) is 5.92 Å². The van der Waals surface area contributed by atoms with E-state index in [0.717, 1.165) is 23.5 Å². The maximum atomic E-state index is 13.1. The van der Waals surface area contributed by atoms with Crippen molar-refractivity contribution in [3.63, 3.8) is 0 Å². The molecule has 0 aliphatic carbocycles. The third kappa shape index (κ3) is 4.28. The van der Waals surface area contributed by atoms with Crippen LogP contribution in [-0.2, 0) is 16.6 Å². The van der Waals surface area contributed by atoms with Crippen LogP contribution in [-0.4, -0.2) is 44.1 Å². The number of amides is 2. The second-order valence-corrected chi connectivity index (χ2v) is 11.3. The van der Waals surface area contributed by atoms with Gasteiger partial charge in [-0.2, -0.15) is 0 Å². The number of ether oxygens (including phenoxy) is 1. The number of nitrogens with one attached hydrogen (secondary N) is 2. The molecule has 0 saturated carbocycles. The van der Waals surface area contributed by atoms with Gasteiger partial charge in [0.25, 0.3) is 15.6 Å². The number of fused-ring (bicyclic) bond motifs is 4. The molecule has 34 heavy (non-hydrogen) atoms. The van der Waals surface area contributed by atoms with Gasteiger partial charge in [-0.3, -0.25) is 9.52 Å². The molecule has 2 amide bonds. The van der Waals surface area contributed by atoms with Crippen LogP contribution in [0.25, 0.3) is 0 Å². The topological polar surface area (TPSA) is 110 Å². The maximum absolute atomic E-state index is 13.1. The summed E-state index contributed by atoms with van der Waals surface area (Å²) in [5.41, 5.74) is 1.18. The summed E-state index contributed by atoms with van der Waals surface area (Å²) in [6.07, 6.45) is 0.881. The molecule has 2 aliphatic heterocycles. The first-order valence-corrected chi connectivity index (χ1v) is 13.2. The first-order chi connectivity index (χ1) is 16.3. The van der Waals surface area contributed by atoms with Crippen LogP contribution in [0.4, 0.5) is 16.2 Å². The smallest absolute Gasteiger partial charge is 0.321 e. The lowest BCUT2D eigenvalue weighted by Gasteiger charge is -2.42. The Labute approximate surface area is 201 Å². The molecule has 2 N–H and O–H groups in total. The van der Waals surface area contributed by atoms with E-state index in [-0.39, 0.29) is 33.3 Å². The zero-order valence-electron chi connectivity index (χ0n) is 18.4. The number of sulfonamides is 1. The van der Waals surface area contributed by atoms with E-state index in [1.807, 2.05) is 0 Å². The summed E-state index contributed by atoms with van der Waals surface area (Å²) in [6, 6.07) is 13.4. The number of nitrogens with zero attached hydrogens (tertiary/aromatic N) is 2. The first kappa shape index (κ1) is 22.5. The normalized spacial score (nSPS) is 19.3. The highest BCUT2D eigenvalue weighted by atomic mass is 32.2. The number of methoxy groups -OCH3 is 1. The fraction of sp³-hybridized carbons (Fsp3) is 0.304. The maximum Gasteiger partial charge on any atom is 0.321 e. The van der Waals surface area contributed by atoms with Crippen LogP contribution in [0.15, 0.2) is 62.9 Å². The molecular weight excluding hydrogens is 476 g/mol. The number of likely N-dealkylation sites (tertiary alicyclic amines) is 1. The van der Waals surface area contributed by atoms with Crippen LogP contribution in [0.3, 0.4) is 0 Å². The lowest BCUT2D eigenvalue weighted by atomic mass is 9.83. The quantitative estimate of drug-likeness (QED) is 0.558. The van der Waals surface area contributed by atoms with E-state index in [1.54, 1.807) is 58.4 Å². The van der Waals surface area contributed by atoms with Crippen molar-refractivity contribution in [3.8, 4) is 5.75 Å². The van der Waals surface area contributed by atoms with E-state index in [9.17, 15) is 18.0 Å². The highest BCUT2D eigenvalue weighted by molar-refractivity contribution is 7.94. The van der Waals surface area contributed by atoms with Gasteiger partial charge in [-0.15, -0.1) is 11.3 Å². The van der Waals surface area contributed by atoms with Gasteiger partial charge in [0.1, 0.15) is 15.6 Å². The summed E-state index contributed by atoms with van der Waals surface area (Å²) < 4.78 is 34.5. The molecule has 5 rings (SSSR count). The Morgan fingerprint density at radius 2 is 1.88 bits per heavy atom. The van der Waals surface area contributed by atoms with E-state index in [2.05, 4.69) is 10.0 Å². The van der Waals surface area contributed by atoms with E-state index in [1.165, 1.54) is 12.1 Å². The number of thiophene rings is 1. The van der Waals surface area contributed by atoms with Crippen LogP contribution in [0.5, 0.6) is 5.75 Å².